The molecule has 0 saturated heterocycles. The van der Waals surface area contributed by atoms with E-state index in [2.05, 4.69) is 5.32 Å². The van der Waals surface area contributed by atoms with Gasteiger partial charge >= 0.3 is 0 Å². The van der Waals surface area contributed by atoms with Gasteiger partial charge in [0.05, 0.1) is 20.3 Å². The lowest BCUT2D eigenvalue weighted by Gasteiger charge is -2.15. The molecule has 0 spiro atoms. The van der Waals surface area contributed by atoms with Crippen LogP contribution in [0.4, 0.5) is 0 Å². The molecular weight excluding hydrogens is 258 g/mol. The van der Waals surface area contributed by atoms with Crippen molar-refractivity contribution in [1.82, 2.24) is 5.32 Å². The summed E-state index contributed by atoms with van der Waals surface area (Å²) in [6.45, 7) is 0. The highest BCUT2D eigenvalue weighted by Gasteiger charge is 2.23. The molecule has 0 aliphatic heterocycles. The molecule has 2 N–H and O–H groups in total. The minimum Gasteiger partial charge on any atom is -0.497 e. The standard InChI is InChI=1S/C15H21NO4/c1-19-11-5-6-12(14(9-11)20-2)13(17)7-8-15(18)16-10-3-4-10/h5-6,9-10,13,17H,3-4,7-8H2,1-2H3,(H,16,18). The van der Waals surface area contributed by atoms with Gasteiger partial charge in [-0.1, -0.05) is 0 Å². The monoisotopic (exact) mass is 279 g/mol. The number of hydrogen-bond acceptors (Lipinski definition) is 4. The maximum atomic E-state index is 11.6. The Morgan fingerprint density at radius 3 is 2.75 bits per heavy atom. The number of nitrogens with one attached hydrogen (secondary N) is 1. The predicted molar refractivity (Wildman–Crippen MR) is 74.9 cm³/mol. The van der Waals surface area contributed by atoms with Crippen LogP contribution < -0.4 is 14.8 Å². The normalized spacial score (nSPS) is 15.6. The van der Waals surface area contributed by atoms with Crippen LogP contribution in [-0.4, -0.2) is 31.3 Å². The average molecular weight is 279 g/mol. The van der Waals surface area contributed by atoms with Crippen LogP contribution in [0.15, 0.2) is 18.2 Å². The fraction of sp³-hybridized carbons (Fsp3) is 0.533. The highest BCUT2D eigenvalue weighted by Crippen LogP contribution is 2.31. The van der Waals surface area contributed by atoms with Crippen LogP contribution in [0.2, 0.25) is 0 Å². The number of aliphatic hydroxyl groups is 1. The fourth-order valence-electron chi connectivity index (χ4n) is 2.04. The van der Waals surface area contributed by atoms with Gasteiger partial charge in [-0.15, -0.1) is 0 Å². The van der Waals surface area contributed by atoms with E-state index in [-0.39, 0.29) is 5.91 Å². The zero-order valence-electron chi connectivity index (χ0n) is 11.9. The summed E-state index contributed by atoms with van der Waals surface area (Å²) >= 11 is 0. The molecule has 1 fully saturated rings. The van der Waals surface area contributed by atoms with Gasteiger partial charge in [-0.05, 0) is 31.4 Å². The minimum atomic E-state index is -0.721. The highest BCUT2D eigenvalue weighted by molar-refractivity contribution is 5.76. The first-order valence-corrected chi connectivity index (χ1v) is 6.83. The van der Waals surface area contributed by atoms with E-state index < -0.39 is 6.10 Å². The Bertz CT molecular complexity index is 471. The summed E-state index contributed by atoms with van der Waals surface area (Å²) in [4.78, 5) is 11.6. The molecule has 1 aromatic rings. The zero-order valence-corrected chi connectivity index (χ0v) is 11.9. The average Bonchev–Trinajstić information content (AvgIpc) is 3.27. The molecule has 1 unspecified atom stereocenters. The number of methoxy groups -OCH3 is 2. The topological polar surface area (TPSA) is 67.8 Å². The van der Waals surface area contributed by atoms with Crippen LogP contribution in [0, 0.1) is 0 Å². The third-order valence-electron chi connectivity index (χ3n) is 3.39. The number of ether oxygens (including phenoxy) is 2. The Balaban J connectivity index is 1.93. The molecule has 1 aromatic carbocycles. The summed E-state index contributed by atoms with van der Waals surface area (Å²) in [5, 5.41) is 13.1. The van der Waals surface area contributed by atoms with Crippen LogP contribution in [0.25, 0.3) is 0 Å². The first kappa shape index (κ1) is 14.7. The molecule has 0 aromatic heterocycles. The first-order chi connectivity index (χ1) is 9.63. The van der Waals surface area contributed by atoms with Gasteiger partial charge < -0.3 is 19.9 Å². The van der Waals surface area contributed by atoms with E-state index in [4.69, 9.17) is 9.47 Å². The van der Waals surface area contributed by atoms with Crippen molar-refractivity contribution in [3.05, 3.63) is 23.8 Å². The molecule has 1 atom stereocenters. The smallest absolute Gasteiger partial charge is 0.220 e. The van der Waals surface area contributed by atoms with Gasteiger partial charge in [-0.25, -0.2) is 0 Å². The van der Waals surface area contributed by atoms with Gasteiger partial charge in [0.1, 0.15) is 11.5 Å². The van der Waals surface area contributed by atoms with Crippen molar-refractivity contribution in [3.63, 3.8) is 0 Å². The first-order valence-electron chi connectivity index (χ1n) is 6.83. The quantitative estimate of drug-likeness (QED) is 0.798. The molecule has 1 amide bonds. The van der Waals surface area contributed by atoms with Crippen LogP contribution in [0.5, 0.6) is 11.5 Å². The second-order valence-corrected chi connectivity index (χ2v) is 5.00. The lowest BCUT2D eigenvalue weighted by Crippen LogP contribution is -2.25. The molecule has 0 heterocycles. The number of aliphatic hydroxyl groups excluding tert-OH is 1. The summed E-state index contributed by atoms with van der Waals surface area (Å²) in [6.07, 6.45) is 2.11. The maximum Gasteiger partial charge on any atom is 0.220 e. The molecule has 1 saturated carbocycles. The van der Waals surface area contributed by atoms with E-state index in [0.717, 1.165) is 12.8 Å². The Morgan fingerprint density at radius 1 is 1.40 bits per heavy atom. The second kappa shape index (κ2) is 6.61. The lowest BCUT2D eigenvalue weighted by molar-refractivity contribution is -0.121. The van der Waals surface area contributed by atoms with Crippen molar-refractivity contribution in [2.24, 2.45) is 0 Å². The van der Waals surface area contributed by atoms with Gasteiger partial charge in [0.25, 0.3) is 0 Å². The number of benzene rings is 1. The molecule has 0 bridgehead atoms. The van der Waals surface area contributed by atoms with Crippen molar-refractivity contribution in [1.29, 1.82) is 0 Å². The van der Waals surface area contributed by atoms with E-state index in [1.165, 1.54) is 0 Å². The number of rotatable bonds is 7. The van der Waals surface area contributed by atoms with E-state index in [9.17, 15) is 9.90 Å². The molecule has 1 aliphatic rings. The van der Waals surface area contributed by atoms with Gasteiger partial charge in [0.15, 0.2) is 0 Å². The van der Waals surface area contributed by atoms with Crippen LogP contribution in [0.3, 0.4) is 0 Å². The summed E-state index contributed by atoms with van der Waals surface area (Å²) in [7, 11) is 3.12. The maximum absolute atomic E-state index is 11.6. The number of hydrogen-bond donors (Lipinski definition) is 2. The van der Waals surface area contributed by atoms with Gasteiger partial charge in [0, 0.05) is 24.1 Å². The van der Waals surface area contributed by atoms with E-state index >= 15 is 0 Å². The third kappa shape index (κ3) is 3.87. The van der Waals surface area contributed by atoms with Crippen LogP contribution in [-0.2, 0) is 4.79 Å². The minimum absolute atomic E-state index is 0.000900. The van der Waals surface area contributed by atoms with E-state index in [1.54, 1.807) is 32.4 Å². The van der Waals surface area contributed by atoms with Crippen LogP contribution >= 0.6 is 0 Å². The van der Waals surface area contributed by atoms with Crippen molar-refractivity contribution >= 4 is 5.91 Å². The highest BCUT2D eigenvalue weighted by atomic mass is 16.5. The van der Waals surface area contributed by atoms with Gasteiger partial charge in [-0.2, -0.15) is 0 Å². The van der Waals surface area contributed by atoms with Crippen molar-refractivity contribution in [2.75, 3.05) is 14.2 Å². The Hall–Kier alpha value is -1.75. The van der Waals surface area contributed by atoms with Gasteiger partial charge in [-0.3, -0.25) is 4.79 Å². The summed E-state index contributed by atoms with van der Waals surface area (Å²) in [5.41, 5.74) is 0.674. The summed E-state index contributed by atoms with van der Waals surface area (Å²) in [6, 6.07) is 5.62. The SMILES string of the molecule is COc1ccc(C(O)CCC(=O)NC2CC2)c(OC)c1. The largest absolute Gasteiger partial charge is 0.497 e. The Morgan fingerprint density at radius 2 is 2.15 bits per heavy atom. The van der Waals surface area contributed by atoms with E-state index in [1.807, 2.05) is 0 Å². The Labute approximate surface area is 118 Å². The third-order valence-corrected chi connectivity index (χ3v) is 3.39. The molecule has 20 heavy (non-hydrogen) atoms. The molecule has 5 nitrogen and oxygen atoms in total. The van der Waals surface area contributed by atoms with Crippen molar-refractivity contribution < 1.29 is 19.4 Å². The lowest BCUT2D eigenvalue weighted by atomic mass is 10.0. The fourth-order valence-corrected chi connectivity index (χ4v) is 2.04. The molecular formula is C15H21NO4. The molecule has 5 heteroatoms. The van der Waals surface area contributed by atoms with Crippen molar-refractivity contribution in [2.45, 2.75) is 37.8 Å². The second-order valence-electron chi connectivity index (χ2n) is 5.00. The summed E-state index contributed by atoms with van der Waals surface area (Å²) < 4.78 is 10.4. The molecule has 110 valence electrons. The molecule has 0 radical (unpaired) electrons. The van der Waals surface area contributed by atoms with Crippen molar-refractivity contribution in [3.8, 4) is 11.5 Å². The van der Waals surface area contributed by atoms with Crippen LogP contribution in [0.1, 0.15) is 37.4 Å². The summed E-state index contributed by atoms with van der Waals surface area (Å²) in [5.74, 6) is 1.24. The number of amides is 1. The zero-order chi connectivity index (χ0) is 14.5. The molecule has 2 rings (SSSR count). The Kier molecular flexibility index (Phi) is 4.84. The van der Waals surface area contributed by atoms with E-state index in [0.29, 0.717) is 35.9 Å². The number of carbonyl (C=O) groups is 1. The number of carbonyl (C=O) groups excluding carboxylic acids is 1. The molecule has 1 aliphatic carbocycles. The van der Waals surface area contributed by atoms with Gasteiger partial charge in [0.2, 0.25) is 5.91 Å². The predicted octanol–water partition coefficient (Wildman–Crippen LogP) is 1.80.